The highest BCUT2D eigenvalue weighted by atomic mass is 16.5. The number of benzene rings is 1. The maximum Gasteiger partial charge on any atom is 0.123 e. The average molecular weight is 276 g/mol. The van der Waals surface area contributed by atoms with Crippen LogP contribution in [0.2, 0.25) is 0 Å². The van der Waals surface area contributed by atoms with Crippen LogP contribution in [0.15, 0.2) is 24.3 Å². The Hall–Kier alpha value is -1.06. The first-order valence-electron chi connectivity index (χ1n) is 7.76. The van der Waals surface area contributed by atoms with Crippen molar-refractivity contribution in [2.75, 3.05) is 26.7 Å². The van der Waals surface area contributed by atoms with E-state index in [4.69, 9.17) is 4.74 Å². The van der Waals surface area contributed by atoms with E-state index in [-0.39, 0.29) is 0 Å². The molecular formula is C17H28N2O. The molecule has 1 fully saturated rings. The lowest BCUT2D eigenvalue weighted by atomic mass is 10.0. The Morgan fingerprint density at radius 3 is 2.60 bits per heavy atom. The number of hydrogen-bond donors (Lipinski definition) is 1. The van der Waals surface area contributed by atoms with Crippen LogP contribution in [0, 0.1) is 5.92 Å². The maximum atomic E-state index is 5.40. The molecule has 1 N–H and O–H groups in total. The van der Waals surface area contributed by atoms with Gasteiger partial charge < -0.3 is 15.0 Å². The van der Waals surface area contributed by atoms with Crippen LogP contribution in [0.5, 0.6) is 5.75 Å². The van der Waals surface area contributed by atoms with E-state index in [0.29, 0.717) is 6.04 Å². The highest BCUT2D eigenvalue weighted by molar-refractivity contribution is 5.33. The third kappa shape index (κ3) is 4.50. The van der Waals surface area contributed by atoms with Crippen molar-refractivity contribution >= 4 is 0 Å². The van der Waals surface area contributed by atoms with Gasteiger partial charge in [0.15, 0.2) is 0 Å². The standard InChI is InChI=1S/C17H28N2O/c1-14(2)13-19-10-8-16(9-11-19)18-12-15-6-4-5-7-17(15)20-3/h4-7,14,16,18H,8-13H2,1-3H3. The highest BCUT2D eigenvalue weighted by Crippen LogP contribution is 2.18. The molecule has 3 nitrogen and oxygen atoms in total. The molecule has 0 amide bonds. The molecule has 0 saturated carbocycles. The van der Waals surface area contributed by atoms with Crippen molar-refractivity contribution in [3.63, 3.8) is 0 Å². The molecule has 0 aromatic heterocycles. The molecule has 0 bridgehead atoms. The Balaban J connectivity index is 1.76. The van der Waals surface area contributed by atoms with Crippen LogP contribution < -0.4 is 10.1 Å². The smallest absolute Gasteiger partial charge is 0.123 e. The van der Waals surface area contributed by atoms with Crippen molar-refractivity contribution in [2.45, 2.75) is 39.3 Å². The van der Waals surface area contributed by atoms with Crippen LogP contribution in [-0.2, 0) is 6.54 Å². The van der Waals surface area contributed by atoms with Crippen molar-refractivity contribution in [1.82, 2.24) is 10.2 Å². The molecule has 3 heteroatoms. The number of likely N-dealkylation sites (tertiary alicyclic amines) is 1. The minimum absolute atomic E-state index is 0.642. The summed E-state index contributed by atoms with van der Waals surface area (Å²) in [7, 11) is 1.74. The Kier molecular flexibility index (Phi) is 5.86. The first-order valence-corrected chi connectivity index (χ1v) is 7.76. The lowest BCUT2D eigenvalue weighted by Crippen LogP contribution is -2.43. The van der Waals surface area contributed by atoms with Crippen molar-refractivity contribution in [3.8, 4) is 5.75 Å². The summed E-state index contributed by atoms with van der Waals surface area (Å²) in [5.74, 6) is 1.75. The molecule has 1 aromatic carbocycles. The number of nitrogens with one attached hydrogen (secondary N) is 1. The van der Waals surface area contributed by atoms with Crippen molar-refractivity contribution < 1.29 is 4.74 Å². The summed E-state index contributed by atoms with van der Waals surface area (Å²) in [6.07, 6.45) is 2.50. The summed E-state index contributed by atoms with van der Waals surface area (Å²) >= 11 is 0. The molecule has 0 spiro atoms. The largest absolute Gasteiger partial charge is 0.496 e. The fourth-order valence-corrected chi connectivity index (χ4v) is 2.94. The van der Waals surface area contributed by atoms with Crippen molar-refractivity contribution in [3.05, 3.63) is 29.8 Å². The molecule has 1 aliphatic heterocycles. The van der Waals surface area contributed by atoms with Gasteiger partial charge >= 0.3 is 0 Å². The third-order valence-electron chi connectivity index (χ3n) is 3.98. The second-order valence-electron chi connectivity index (χ2n) is 6.16. The van der Waals surface area contributed by atoms with Crippen LogP contribution in [0.4, 0.5) is 0 Å². The normalized spacial score (nSPS) is 17.6. The number of nitrogens with zero attached hydrogens (tertiary/aromatic N) is 1. The van der Waals surface area contributed by atoms with Gasteiger partial charge in [0, 0.05) is 24.7 Å². The van der Waals surface area contributed by atoms with Gasteiger partial charge in [-0.1, -0.05) is 32.0 Å². The van der Waals surface area contributed by atoms with Gasteiger partial charge in [-0.2, -0.15) is 0 Å². The fourth-order valence-electron chi connectivity index (χ4n) is 2.94. The van der Waals surface area contributed by atoms with Gasteiger partial charge in [0.1, 0.15) is 5.75 Å². The molecule has 0 unspecified atom stereocenters. The summed E-state index contributed by atoms with van der Waals surface area (Å²) in [4.78, 5) is 2.59. The predicted molar refractivity (Wildman–Crippen MR) is 84.1 cm³/mol. The Morgan fingerprint density at radius 2 is 1.95 bits per heavy atom. The molecule has 0 radical (unpaired) electrons. The van der Waals surface area contributed by atoms with E-state index in [0.717, 1.165) is 18.2 Å². The van der Waals surface area contributed by atoms with E-state index in [1.165, 1.54) is 38.0 Å². The second-order valence-corrected chi connectivity index (χ2v) is 6.16. The number of ether oxygens (including phenoxy) is 1. The van der Waals surface area contributed by atoms with E-state index in [1.54, 1.807) is 7.11 Å². The molecule has 2 rings (SSSR count). The summed E-state index contributed by atoms with van der Waals surface area (Å²) in [5.41, 5.74) is 1.25. The number of hydrogen-bond acceptors (Lipinski definition) is 3. The van der Waals surface area contributed by atoms with Gasteiger partial charge in [-0.25, -0.2) is 0 Å². The molecule has 1 saturated heterocycles. The van der Waals surface area contributed by atoms with Gasteiger partial charge in [0.2, 0.25) is 0 Å². The van der Waals surface area contributed by atoms with Crippen LogP contribution in [-0.4, -0.2) is 37.7 Å². The molecule has 1 aromatic rings. The lowest BCUT2D eigenvalue weighted by molar-refractivity contribution is 0.179. The van der Waals surface area contributed by atoms with E-state index in [2.05, 4.69) is 36.2 Å². The van der Waals surface area contributed by atoms with Gasteiger partial charge in [0.05, 0.1) is 7.11 Å². The van der Waals surface area contributed by atoms with E-state index >= 15 is 0 Å². The summed E-state index contributed by atoms with van der Waals surface area (Å²) in [6.45, 7) is 9.18. The Morgan fingerprint density at radius 1 is 1.25 bits per heavy atom. The molecule has 0 aliphatic carbocycles. The van der Waals surface area contributed by atoms with Gasteiger partial charge in [-0.3, -0.25) is 0 Å². The van der Waals surface area contributed by atoms with Crippen LogP contribution in [0.3, 0.4) is 0 Å². The summed E-state index contributed by atoms with van der Waals surface area (Å²) in [5, 5.41) is 3.68. The van der Waals surface area contributed by atoms with E-state index < -0.39 is 0 Å². The predicted octanol–water partition coefficient (Wildman–Crippen LogP) is 2.91. The van der Waals surface area contributed by atoms with Crippen molar-refractivity contribution in [2.24, 2.45) is 5.92 Å². The maximum absolute atomic E-state index is 5.40. The van der Waals surface area contributed by atoms with Crippen LogP contribution in [0.25, 0.3) is 0 Å². The summed E-state index contributed by atoms with van der Waals surface area (Å²) < 4.78 is 5.40. The molecular weight excluding hydrogens is 248 g/mol. The molecule has 1 aliphatic rings. The van der Waals surface area contributed by atoms with Crippen LogP contribution >= 0.6 is 0 Å². The molecule has 0 atom stereocenters. The summed E-state index contributed by atoms with van der Waals surface area (Å²) in [6, 6.07) is 8.91. The van der Waals surface area contributed by atoms with Crippen molar-refractivity contribution in [1.29, 1.82) is 0 Å². The molecule has 112 valence electrons. The zero-order valence-electron chi connectivity index (χ0n) is 13.1. The Bertz CT molecular complexity index is 398. The average Bonchev–Trinajstić information content (AvgIpc) is 2.46. The topological polar surface area (TPSA) is 24.5 Å². The van der Waals surface area contributed by atoms with Crippen LogP contribution in [0.1, 0.15) is 32.3 Å². The number of para-hydroxylation sites is 1. The minimum Gasteiger partial charge on any atom is -0.496 e. The third-order valence-corrected chi connectivity index (χ3v) is 3.98. The van der Waals surface area contributed by atoms with Gasteiger partial charge in [-0.15, -0.1) is 0 Å². The quantitative estimate of drug-likeness (QED) is 0.864. The van der Waals surface area contributed by atoms with E-state index in [1.807, 2.05) is 12.1 Å². The lowest BCUT2D eigenvalue weighted by Gasteiger charge is -2.33. The van der Waals surface area contributed by atoms with Gasteiger partial charge in [-0.05, 0) is 37.9 Å². The highest BCUT2D eigenvalue weighted by Gasteiger charge is 2.19. The molecule has 1 heterocycles. The number of methoxy groups -OCH3 is 1. The number of rotatable bonds is 6. The first-order chi connectivity index (χ1) is 9.69. The zero-order chi connectivity index (χ0) is 14.4. The minimum atomic E-state index is 0.642. The first kappa shape index (κ1) is 15.3. The SMILES string of the molecule is COc1ccccc1CNC1CCN(CC(C)C)CC1. The van der Waals surface area contributed by atoms with Gasteiger partial charge in [0.25, 0.3) is 0 Å². The zero-order valence-corrected chi connectivity index (χ0v) is 13.1. The Labute approximate surface area is 123 Å². The monoisotopic (exact) mass is 276 g/mol. The van der Waals surface area contributed by atoms with E-state index in [9.17, 15) is 0 Å². The molecule has 20 heavy (non-hydrogen) atoms. The number of piperidine rings is 1. The second kappa shape index (κ2) is 7.65. The fraction of sp³-hybridized carbons (Fsp3) is 0.647.